The number of amides is 1. The summed E-state index contributed by atoms with van der Waals surface area (Å²) < 4.78 is 32.4. The molecule has 1 aliphatic carbocycles. The highest BCUT2D eigenvalue weighted by Crippen LogP contribution is 2.21. The van der Waals surface area contributed by atoms with Crippen LogP contribution < -0.4 is 0 Å². The summed E-state index contributed by atoms with van der Waals surface area (Å²) in [5, 5.41) is 0. The first-order valence-corrected chi connectivity index (χ1v) is 10.5. The minimum atomic E-state index is -3.48. The zero-order valence-corrected chi connectivity index (χ0v) is 15.3. The van der Waals surface area contributed by atoms with Gasteiger partial charge in [0.05, 0.1) is 11.0 Å². The second kappa shape index (κ2) is 8.29. The van der Waals surface area contributed by atoms with Crippen molar-refractivity contribution in [3.63, 3.8) is 0 Å². The van der Waals surface area contributed by atoms with Gasteiger partial charge >= 0.3 is 0 Å². The normalized spacial score (nSPS) is 20.6. The standard InChI is InChI=1S/C18H26N2O4S/c21-18(15-24-16-7-3-1-4-8-16)19-11-13-20(14-12-19)25(22,23)17-9-5-2-6-10-17/h2,5-6,9-10,16H,1,3-4,7-8,11-15H2. The van der Waals surface area contributed by atoms with E-state index in [-0.39, 0.29) is 18.6 Å². The molecular weight excluding hydrogens is 340 g/mol. The average molecular weight is 366 g/mol. The Bertz CT molecular complexity index is 664. The molecule has 0 bridgehead atoms. The molecule has 1 aromatic rings. The van der Waals surface area contributed by atoms with Gasteiger partial charge < -0.3 is 9.64 Å². The monoisotopic (exact) mass is 366 g/mol. The van der Waals surface area contributed by atoms with Crippen molar-refractivity contribution in [2.75, 3.05) is 32.8 Å². The van der Waals surface area contributed by atoms with E-state index < -0.39 is 10.0 Å². The fraction of sp³-hybridized carbons (Fsp3) is 0.611. The highest BCUT2D eigenvalue weighted by atomic mass is 32.2. The highest BCUT2D eigenvalue weighted by Gasteiger charge is 2.30. The summed E-state index contributed by atoms with van der Waals surface area (Å²) in [7, 11) is -3.48. The molecule has 1 aromatic carbocycles. The van der Waals surface area contributed by atoms with Crippen LogP contribution in [0, 0.1) is 0 Å². The molecule has 0 radical (unpaired) electrons. The van der Waals surface area contributed by atoms with Gasteiger partial charge in [0.25, 0.3) is 0 Å². The van der Waals surface area contributed by atoms with Crippen molar-refractivity contribution in [2.45, 2.75) is 43.1 Å². The first-order valence-electron chi connectivity index (χ1n) is 9.02. The van der Waals surface area contributed by atoms with Crippen LogP contribution in [0.1, 0.15) is 32.1 Å². The van der Waals surface area contributed by atoms with Crippen molar-refractivity contribution >= 4 is 15.9 Å². The lowest BCUT2D eigenvalue weighted by Gasteiger charge is -2.34. The van der Waals surface area contributed by atoms with Crippen LogP contribution in [0.4, 0.5) is 0 Å². The molecule has 1 heterocycles. The number of hydrogen-bond donors (Lipinski definition) is 0. The third-order valence-electron chi connectivity index (χ3n) is 4.97. The number of benzene rings is 1. The van der Waals surface area contributed by atoms with Gasteiger partial charge in [-0.3, -0.25) is 4.79 Å². The Morgan fingerprint density at radius 1 is 1.00 bits per heavy atom. The maximum atomic E-state index is 12.6. The second-order valence-corrected chi connectivity index (χ2v) is 8.61. The van der Waals surface area contributed by atoms with E-state index in [1.54, 1.807) is 35.2 Å². The van der Waals surface area contributed by atoms with E-state index in [0.717, 1.165) is 12.8 Å². The van der Waals surface area contributed by atoms with Crippen LogP contribution in [-0.4, -0.2) is 62.4 Å². The van der Waals surface area contributed by atoms with E-state index in [0.29, 0.717) is 31.1 Å². The topological polar surface area (TPSA) is 66.9 Å². The number of nitrogens with zero attached hydrogens (tertiary/aromatic N) is 2. The Hall–Kier alpha value is -1.44. The van der Waals surface area contributed by atoms with Crippen molar-refractivity contribution < 1.29 is 17.9 Å². The zero-order chi connectivity index (χ0) is 17.7. The number of carbonyl (C=O) groups is 1. The van der Waals surface area contributed by atoms with Crippen molar-refractivity contribution in [2.24, 2.45) is 0 Å². The lowest BCUT2D eigenvalue weighted by atomic mass is 9.98. The number of ether oxygens (including phenoxy) is 1. The highest BCUT2D eigenvalue weighted by molar-refractivity contribution is 7.89. The fourth-order valence-corrected chi connectivity index (χ4v) is 4.87. The van der Waals surface area contributed by atoms with Gasteiger partial charge in [-0.15, -0.1) is 0 Å². The van der Waals surface area contributed by atoms with Crippen LogP contribution >= 0.6 is 0 Å². The maximum Gasteiger partial charge on any atom is 0.248 e. The Balaban J connectivity index is 1.49. The molecule has 25 heavy (non-hydrogen) atoms. The van der Waals surface area contributed by atoms with Crippen molar-refractivity contribution in [3.8, 4) is 0 Å². The zero-order valence-electron chi connectivity index (χ0n) is 14.5. The summed E-state index contributed by atoms with van der Waals surface area (Å²) in [6, 6.07) is 8.43. The van der Waals surface area contributed by atoms with Gasteiger partial charge in [0.15, 0.2) is 0 Å². The average Bonchev–Trinajstić information content (AvgIpc) is 2.68. The largest absolute Gasteiger partial charge is 0.368 e. The smallest absolute Gasteiger partial charge is 0.248 e. The van der Waals surface area contributed by atoms with Crippen LogP contribution in [0.25, 0.3) is 0 Å². The summed E-state index contributed by atoms with van der Waals surface area (Å²) in [4.78, 5) is 14.3. The Labute approximate surface area is 149 Å². The van der Waals surface area contributed by atoms with Crippen LogP contribution in [0.5, 0.6) is 0 Å². The van der Waals surface area contributed by atoms with Gasteiger partial charge in [0, 0.05) is 26.2 Å². The number of piperazine rings is 1. The summed E-state index contributed by atoms with van der Waals surface area (Å²) in [5.41, 5.74) is 0. The quantitative estimate of drug-likeness (QED) is 0.798. The Morgan fingerprint density at radius 2 is 1.64 bits per heavy atom. The Morgan fingerprint density at radius 3 is 2.28 bits per heavy atom. The number of sulfonamides is 1. The van der Waals surface area contributed by atoms with E-state index in [9.17, 15) is 13.2 Å². The van der Waals surface area contributed by atoms with E-state index in [1.807, 2.05) is 0 Å². The third kappa shape index (κ3) is 4.59. The Kier molecular flexibility index (Phi) is 6.09. The van der Waals surface area contributed by atoms with Crippen LogP contribution in [-0.2, 0) is 19.6 Å². The number of carbonyl (C=O) groups excluding carboxylic acids is 1. The van der Waals surface area contributed by atoms with Gasteiger partial charge in [0.2, 0.25) is 15.9 Å². The molecule has 7 heteroatoms. The predicted molar refractivity (Wildman–Crippen MR) is 94.6 cm³/mol. The minimum Gasteiger partial charge on any atom is -0.368 e. The molecule has 6 nitrogen and oxygen atoms in total. The second-order valence-electron chi connectivity index (χ2n) is 6.67. The third-order valence-corrected chi connectivity index (χ3v) is 6.88. The van der Waals surface area contributed by atoms with Gasteiger partial charge in [0.1, 0.15) is 6.61 Å². The van der Waals surface area contributed by atoms with E-state index in [2.05, 4.69) is 0 Å². The molecule has 1 saturated carbocycles. The van der Waals surface area contributed by atoms with Gasteiger partial charge in [-0.1, -0.05) is 37.5 Å². The number of hydrogen-bond acceptors (Lipinski definition) is 4. The molecule has 0 unspecified atom stereocenters. The first kappa shape index (κ1) is 18.4. The first-order chi connectivity index (χ1) is 12.1. The van der Waals surface area contributed by atoms with Crippen LogP contribution in [0.2, 0.25) is 0 Å². The molecule has 1 amide bonds. The van der Waals surface area contributed by atoms with E-state index in [1.165, 1.54) is 23.6 Å². The van der Waals surface area contributed by atoms with Gasteiger partial charge in [-0.05, 0) is 25.0 Å². The van der Waals surface area contributed by atoms with Crippen LogP contribution in [0.15, 0.2) is 35.2 Å². The van der Waals surface area contributed by atoms with Crippen molar-refractivity contribution in [1.29, 1.82) is 0 Å². The molecule has 1 aliphatic heterocycles. The summed E-state index contributed by atoms with van der Waals surface area (Å²) in [5.74, 6) is -0.0395. The predicted octanol–water partition coefficient (Wildman–Crippen LogP) is 1.87. The van der Waals surface area contributed by atoms with Gasteiger partial charge in [-0.25, -0.2) is 8.42 Å². The van der Waals surface area contributed by atoms with Crippen molar-refractivity contribution in [3.05, 3.63) is 30.3 Å². The van der Waals surface area contributed by atoms with Crippen LogP contribution in [0.3, 0.4) is 0 Å². The lowest BCUT2D eigenvalue weighted by Crippen LogP contribution is -2.51. The maximum absolute atomic E-state index is 12.6. The summed E-state index contributed by atoms with van der Waals surface area (Å²) in [6.45, 7) is 1.59. The van der Waals surface area contributed by atoms with Gasteiger partial charge in [-0.2, -0.15) is 4.31 Å². The molecule has 0 N–H and O–H groups in total. The fourth-order valence-electron chi connectivity index (χ4n) is 3.43. The van der Waals surface area contributed by atoms with E-state index in [4.69, 9.17) is 4.74 Å². The summed E-state index contributed by atoms with van der Waals surface area (Å²) in [6.07, 6.45) is 5.89. The molecule has 0 atom stereocenters. The molecule has 1 saturated heterocycles. The molecule has 2 fully saturated rings. The SMILES string of the molecule is O=C(COC1CCCCC1)N1CCN(S(=O)(=O)c2ccccc2)CC1. The molecule has 138 valence electrons. The molecule has 2 aliphatic rings. The molecule has 3 rings (SSSR count). The van der Waals surface area contributed by atoms with E-state index >= 15 is 0 Å². The van der Waals surface area contributed by atoms with Crippen molar-refractivity contribution in [1.82, 2.24) is 9.21 Å². The summed E-state index contributed by atoms with van der Waals surface area (Å²) >= 11 is 0. The molecule has 0 aromatic heterocycles. The number of rotatable bonds is 5. The lowest BCUT2D eigenvalue weighted by molar-refractivity contribution is -0.140. The molecule has 0 spiro atoms. The minimum absolute atomic E-state index is 0.0395. The molecular formula is C18H26N2O4S.